The average molecular weight is 274 g/mol. The van der Waals surface area contributed by atoms with Crippen molar-refractivity contribution in [1.82, 2.24) is 4.98 Å². The van der Waals surface area contributed by atoms with Crippen LogP contribution in [-0.2, 0) is 0 Å². The third kappa shape index (κ3) is 2.23. The van der Waals surface area contributed by atoms with Crippen molar-refractivity contribution >= 4 is 34.5 Å². The van der Waals surface area contributed by atoms with Crippen molar-refractivity contribution in [2.45, 2.75) is 13.0 Å². The molecular weight excluding hydrogens is 265 g/mol. The third-order valence-corrected chi connectivity index (χ3v) is 3.83. The van der Waals surface area contributed by atoms with Gasteiger partial charge in [0.2, 0.25) is 0 Å². The van der Waals surface area contributed by atoms with Crippen LogP contribution in [0.1, 0.15) is 22.2 Å². The molecule has 0 spiro atoms. The summed E-state index contributed by atoms with van der Waals surface area (Å²) < 4.78 is 0. The average Bonchev–Trinajstić information content (AvgIpc) is 2.63. The molecule has 0 aliphatic heterocycles. The molecule has 0 aliphatic carbocycles. The van der Waals surface area contributed by atoms with E-state index in [0.29, 0.717) is 15.6 Å². The summed E-state index contributed by atoms with van der Waals surface area (Å²) in [4.78, 5) is 4.91. The van der Waals surface area contributed by atoms with Gasteiger partial charge >= 0.3 is 0 Å². The van der Waals surface area contributed by atoms with Crippen molar-refractivity contribution in [1.29, 1.82) is 0 Å². The molecule has 1 N–H and O–H groups in total. The fourth-order valence-electron chi connectivity index (χ4n) is 1.44. The van der Waals surface area contributed by atoms with E-state index in [-0.39, 0.29) is 0 Å². The number of rotatable bonds is 2. The number of aryl methyl sites for hydroxylation is 1. The first-order valence-corrected chi connectivity index (χ1v) is 6.26. The van der Waals surface area contributed by atoms with Crippen LogP contribution in [-0.4, -0.2) is 10.1 Å². The lowest BCUT2D eigenvalue weighted by Crippen LogP contribution is -2.00. The standard InChI is InChI=1S/C11H9Cl2NOS/c1-6-11(16-5-14-6)10(15)8-3-2-7(12)4-9(8)13/h2-5,10,15H,1H3. The maximum absolute atomic E-state index is 10.2. The van der Waals surface area contributed by atoms with Gasteiger partial charge in [0.1, 0.15) is 6.10 Å². The number of hydrogen-bond donors (Lipinski definition) is 1. The summed E-state index contributed by atoms with van der Waals surface area (Å²) in [7, 11) is 0. The molecule has 2 rings (SSSR count). The van der Waals surface area contributed by atoms with Gasteiger partial charge in [0.25, 0.3) is 0 Å². The normalized spacial score (nSPS) is 12.8. The van der Waals surface area contributed by atoms with Crippen molar-refractivity contribution in [2.24, 2.45) is 0 Å². The Morgan fingerprint density at radius 3 is 2.69 bits per heavy atom. The largest absolute Gasteiger partial charge is 0.383 e. The quantitative estimate of drug-likeness (QED) is 0.902. The van der Waals surface area contributed by atoms with E-state index in [1.165, 1.54) is 11.3 Å². The monoisotopic (exact) mass is 273 g/mol. The Morgan fingerprint density at radius 1 is 1.38 bits per heavy atom. The number of benzene rings is 1. The smallest absolute Gasteiger partial charge is 0.116 e. The van der Waals surface area contributed by atoms with Crippen LogP contribution in [0.25, 0.3) is 0 Å². The summed E-state index contributed by atoms with van der Waals surface area (Å²) in [6, 6.07) is 5.06. The molecule has 0 aliphatic rings. The second-order valence-corrected chi connectivity index (χ2v) is 5.10. The van der Waals surface area contributed by atoms with E-state index in [0.717, 1.165) is 10.6 Å². The number of halogens is 2. The molecule has 0 bridgehead atoms. The Hall–Kier alpha value is -0.610. The topological polar surface area (TPSA) is 33.1 Å². The number of aromatic nitrogens is 1. The van der Waals surface area contributed by atoms with Crippen LogP contribution in [0.5, 0.6) is 0 Å². The highest BCUT2D eigenvalue weighted by molar-refractivity contribution is 7.09. The first-order valence-electron chi connectivity index (χ1n) is 4.62. The highest BCUT2D eigenvalue weighted by atomic mass is 35.5. The lowest BCUT2D eigenvalue weighted by molar-refractivity contribution is 0.223. The van der Waals surface area contributed by atoms with Gasteiger partial charge in [0.05, 0.1) is 16.1 Å². The second-order valence-electron chi connectivity index (χ2n) is 3.37. The molecule has 5 heteroatoms. The van der Waals surface area contributed by atoms with Gasteiger partial charge in [-0.3, -0.25) is 0 Å². The molecule has 1 unspecified atom stereocenters. The van der Waals surface area contributed by atoms with Crippen LogP contribution >= 0.6 is 34.5 Å². The minimum absolute atomic E-state index is 0.466. The molecule has 16 heavy (non-hydrogen) atoms. The maximum atomic E-state index is 10.2. The van der Waals surface area contributed by atoms with Gasteiger partial charge in [0, 0.05) is 15.6 Å². The first-order chi connectivity index (χ1) is 7.59. The Labute approximate surface area is 107 Å². The molecule has 2 aromatic rings. The van der Waals surface area contributed by atoms with Crippen molar-refractivity contribution < 1.29 is 5.11 Å². The van der Waals surface area contributed by atoms with Crippen LogP contribution in [0, 0.1) is 6.92 Å². The van der Waals surface area contributed by atoms with E-state index in [4.69, 9.17) is 23.2 Å². The zero-order valence-corrected chi connectivity index (χ0v) is 10.8. The molecule has 0 amide bonds. The minimum atomic E-state index is -0.739. The number of nitrogens with zero attached hydrogens (tertiary/aromatic N) is 1. The van der Waals surface area contributed by atoms with Crippen LogP contribution in [0.2, 0.25) is 10.0 Å². The van der Waals surface area contributed by atoms with Gasteiger partial charge in [-0.15, -0.1) is 11.3 Å². The predicted molar refractivity (Wildman–Crippen MR) is 67.4 cm³/mol. The van der Waals surface area contributed by atoms with Gasteiger partial charge in [-0.2, -0.15) is 0 Å². The fourth-order valence-corrected chi connectivity index (χ4v) is 2.75. The van der Waals surface area contributed by atoms with Gasteiger partial charge in [-0.05, 0) is 19.1 Å². The Balaban J connectivity index is 2.41. The molecule has 1 aromatic carbocycles. The van der Waals surface area contributed by atoms with E-state index in [1.54, 1.807) is 23.7 Å². The van der Waals surface area contributed by atoms with Crippen molar-refractivity contribution in [3.05, 3.63) is 49.9 Å². The van der Waals surface area contributed by atoms with Gasteiger partial charge in [0.15, 0.2) is 0 Å². The summed E-state index contributed by atoms with van der Waals surface area (Å²) in [5.41, 5.74) is 3.18. The second kappa shape index (κ2) is 4.72. The van der Waals surface area contributed by atoms with E-state index >= 15 is 0 Å². The molecule has 1 heterocycles. The summed E-state index contributed by atoms with van der Waals surface area (Å²) in [5, 5.41) is 11.2. The fraction of sp³-hybridized carbons (Fsp3) is 0.182. The molecule has 84 valence electrons. The molecule has 2 nitrogen and oxygen atoms in total. The van der Waals surface area contributed by atoms with Crippen molar-refractivity contribution in [2.75, 3.05) is 0 Å². The zero-order chi connectivity index (χ0) is 11.7. The number of aliphatic hydroxyl groups excluding tert-OH is 1. The first kappa shape index (κ1) is 11.9. The van der Waals surface area contributed by atoms with Gasteiger partial charge in [-0.1, -0.05) is 29.3 Å². The summed E-state index contributed by atoms with van der Waals surface area (Å²) in [6.45, 7) is 1.86. The van der Waals surface area contributed by atoms with E-state index in [1.807, 2.05) is 6.92 Å². The maximum Gasteiger partial charge on any atom is 0.116 e. The highest BCUT2D eigenvalue weighted by Crippen LogP contribution is 2.33. The van der Waals surface area contributed by atoms with E-state index in [2.05, 4.69) is 4.98 Å². The Morgan fingerprint density at radius 2 is 2.12 bits per heavy atom. The predicted octanol–water partition coefficient (Wildman–Crippen LogP) is 3.84. The van der Waals surface area contributed by atoms with E-state index < -0.39 is 6.10 Å². The van der Waals surface area contributed by atoms with Crippen LogP contribution in [0.4, 0.5) is 0 Å². The number of hydrogen-bond acceptors (Lipinski definition) is 3. The molecule has 0 radical (unpaired) electrons. The number of thiazole rings is 1. The molecule has 1 aromatic heterocycles. The molecule has 1 atom stereocenters. The lowest BCUT2D eigenvalue weighted by Gasteiger charge is -2.11. The molecular formula is C11H9Cl2NOS. The Bertz CT molecular complexity index is 512. The summed E-state index contributed by atoms with van der Waals surface area (Å²) in [6.07, 6.45) is -0.739. The van der Waals surface area contributed by atoms with Crippen LogP contribution in [0.15, 0.2) is 23.7 Å². The minimum Gasteiger partial charge on any atom is -0.383 e. The Kier molecular flexibility index (Phi) is 3.50. The SMILES string of the molecule is Cc1ncsc1C(O)c1ccc(Cl)cc1Cl. The van der Waals surface area contributed by atoms with Crippen molar-refractivity contribution in [3.8, 4) is 0 Å². The molecule has 0 saturated heterocycles. The van der Waals surface area contributed by atoms with Gasteiger partial charge < -0.3 is 5.11 Å². The molecule has 0 saturated carbocycles. The summed E-state index contributed by atoms with van der Waals surface area (Å²) >= 11 is 13.2. The number of aliphatic hydroxyl groups is 1. The van der Waals surface area contributed by atoms with Crippen LogP contribution in [0.3, 0.4) is 0 Å². The van der Waals surface area contributed by atoms with E-state index in [9.17, 15) is 5.11 Å². The third-order valence-electron chi connectivity index (χ3n) is 2.29. The highest BCUT2D eigenvalue weighted by Gasteiger charge is 2.17. The lowest BCUT2D eigenvalue weighted by atomic mass is 10.1. The summed E-state index contributed by atoms with van der Waals surface area (Å²) in [5.74, 6) is 0. The molecule has 0 fully saturated rings. The van der Waals surface area contributed by atoms with Crippen molar-refractivity contribution in [3.63, 3.8) is 0 Å². The van der Waals surface area contributed by atoms with Crippen LogP contribution < -0.4 is 0 Å². The van der Waals surface area contributed by atoms with Gasteiger partial charge in [-0.25, -0.2) is 4.98 Å². The zero-order valence-electron chi connectivity index (χ0n) is 8.45.